The van der Waals surface area contributed by atoms with Crippen LogP contribution in [0.4, 0.5) is 0 Å². The van der Waals surface area contributed by atoms with Gasteiger partial charge in [-0.05, 0) is 19.1 Å². The third-order valence-corrected chi connectivity index (χ3v) is 3.26. The van der Waals surface area contributed by atoms with Crippen molar-refractivity contribution in [2.24, 2.45) is 0 Å². The molecular formula is C13H15ClN2O4. The lowest BCUT2D eigenvalue weighted by Gasteiger charge is -2.34. The molecular weight excluding hydrogens is 284 g/mol. The second-order valence-corrected chi connectivity index (χ2v) is 5.03. The van der Waals surface area contributed by atoms with Crippen LogP contribution < -0.4 is 0 Å². The van der Waals surface area contributed by atoms with E-state index in [0.717, 1.165) is 0 Å². The highest BCUT2D eigenvalue weighted by Gasteiger charge is 2.30. The van der Waals surface area contributed by atoms with E-state index >= 15 is 0 Å². The summed E-state index contributed by atoms with van der Waals surface area (Å²) >= 11 is 5.85. The average Bonchev–Trinajstić information content (AvgIpc) is 2.36. The van der Waals surface area contributed by atoms with Gasteiger partial charge >= 0.3 is 5.97 Å². The number of pyridine rings is 1. The van der Waals surface area contributed by atoms with Crippen molar-refractivity contribution in [3.63, 3.8) is 0 Å². The SMILES string of the molecule is Cc1cc(C(=O)N2CCOCC2CC(=O)O)cc(Cl)n1. The molecule has 0 spiro atoms. The summed E-state index contributed by atoms with van der Waals surface area (Å²) in [7, 11) is 0. The molecule has 7 heteroatoms. The fraction of sp³-hybridized carbons (Fsp3) is 0.462. The van der Waals surface area contributed by atoms with Gasteiger partial charge in [0.05, 0.1) is 25.7 Å². The molecule has 1 aromatic rings. The molecule has 1 fully saturated rings. The number of carboxylic acids is 1. The Kier molecular flexibility index (Phi) is 4.57. The maximum absolute atomic E-state index is 12.5. The summed E-state index contributed by atoms with van der Waals surface area (Å²) in [6, 6.07) is 2.67. The molecule has 1 aliphatic heterocycles. The van der Waals surface area contributed by atoms with Gasteiger partial charge < -0.3 is 14.7 Å². The first-order chi connectivity index (χ1) is 9.47. The minimum absolute atomic E-state index is 0.135. The fourth-order valence-corrected chi connectivity index (χ4v) is 2.46. The van der Waals surface area contributed by atoms with Crippen LogP contribution in [-0.4, -0.2) is 52.7 Å². The summed E-state index contributed by atoms with van der Waals surface area (Å²) in [6.45, 7) is 2.75. The summed E-state index contributed by atoms with van der Waals surface area (Å²) in [6.07, 6.45) is -0.135. The Morgan fingerprint density at radius 3 is 2.95 bits per heavy atom. The number of ether oxygens (including phenoxy) is 1. The van der Waals surface area contributed by atoms with Crippen molar-refractivity contribution in [3.05, 3.63) is 28.5 Å². The zero-order valence-electron chi connectivity index (χ0n) is 11.0. The third-order valence-electron chi connectivity index (χ3n) is 3.07. The number of amides is 1. The number of aryl methyl sites for hydroxylation is 1. The number of carbonyl (C=O) groups excluding carboxylic acids is 1. The van der Waals surface area contributed by atoms with Crippen LogP contribution in [0.25, 0.3) is 0 Å². The van der Waals surface area contributed by atoms with Crippen molar-refractivity contribution in [1.29, 1.82) is 0 Å². The predicted octanol–water partition coefficient (Wildman–Crippen LogP) is 1.36. The molecule has 0 aliphatic carbocycles. The van der Waals surface area contributed by atoms with Crippen LogP contribution in [0, 0.1) is 6.92 Å². The smallest absolute Gasteiger partial charge is 0.305 e. The number of nitrogens with zero attached hydrogens (tertiary/aromatic N) is 2. The summed E-state index contributed by atoms with van der Waals surface area (Å²) in [5.74, 6) is -1.20. The highest BCUT2D eigenvalue weighted by molar-refractivity contribution is 6.29. The van der Waals surface area contributed by atoms with Gasteiger partial charge in [-0.15, -0.1) is 0 Å². The molecule has 1 aliphatic rings. The Bertz CT molecular complexity index is 515. The normalized spacial score (nSPS) is 18.9. The second kappa shape index (κ2) is 6.19. The molecule has 2 rings (SSSR count). The molecule has 0 aromatic carbocycles. The number of carboxylic acid groups (broad SMARTS) is 1. The van der Waals surface area contributed by atoms with E-state index < -0.39 is 12.0 Å². The maximum atomic E-state index is 12.5. The van der Waals surface area contributed by atoms with Crippen LogP contribution in [0.1, 0.15) is 22.5 Å². The van der Waals surface area contributed by atoms with Crippen molar-refractivity contribution in [3.8, 4) is 0 Å². The third kappa shape index (κ3) is 3.46. The molecule has 1 atom stereocenters. The fourth-order valence-electron chi connectivity index (χ4n) is 2.21. The van der Waals surface area contributed by atoms with Gasteiger partial charge in [-0.25, -0.2) is 4.98 Å². The number of hydrogen-bond acceptors (Lipinski definition) is 4. The van der Waals surface area contributed by atoms with Gasteiger partial charge in [0.1, 0.15) is 5.15 Å². The maximum Gasteiger partial charge on any atom is 0.305 e. The zero-order chi connectivity index (χ0) is 14.7. The largest absolute Gasteiger partial charge is 0.481 e. The predicted molar refractivity (Wildman–Crippen MR) is 71.9 cm³/mol. The number of morpholine rings is 1. The van der Waals surface area contributed by atoms with E-state index in [2.05, 4.69) is 4.98 Å². The van der Waals surface area contributed by atoms with E-state index in [9.17, 15) is 9.59 Å². The van der Waals surface area contributed by atoms with Gasteiger partial charge in [-0.2, -0.15) is 0 Å². The molecule has 6 nitrogen and oxygen atoms in total. The Morgan fingerprint density at radius 2 is 2.30 bits per heavy atom. The van der Waals surface area contributed by atoms with E-state index in [0.29, 0.717) is 24.4 Å². The number of hydrogen-bond donors (Lipinski definition) is 1. The molecule has 1 amide bonds. The van der Waals surface area contributed by atoms with Gasteiger partial charge in [0.15, 0.2) is 0 Å². The van der Waals surface area contributed by atoms with Crippen LogP contribution in [0.15, 0.2) is 12.1 Å². The van der Waals surface area contributed by atoms with Crippen molar-refractivity contribution >= 4 is 23.5 Å². The molecule has 1 aromatic heterocycles. The molecule has 108 valence electrons. The van der Waals surface area contributed by atoms with Gasteiger partial charge in [0, 0.05) is 17.8 Å². The lowest BCUT2D eigenvalue weighted by molar-refractivity contribution is -0.139. The second-order valence-electron chi connectivity index (χ2n) is 4.65. The summed E-state index contributed by atoms with van der Waals surface area (Å²) in [5.41, 5.74) is 1.06. The van der Waals surface area contributed by atoms with Crippen LogP contribution >= 0.6 is 11.6 Å². The highest BCUT2D eigenvalue weighted by atomic mass is 35.5. The number of halogens is 1. The molecule has 0 bridgehead atoms. The molecule has 1 saturated heterocycles. The lowest BCUT2D eigenvalue weighted by atomic mass is 10.1. The number of aromatic nitrogens is 1. The quantitative estimate of drug-likeness (QED) is 0.852. The Morgan fingerprint density at radius 1 is 1.55 bits per heavy atom. The molecule has 0 saturated carbocycles. The van der Waals surface area contributed by atoms with Crippen molar-refractivity contribution in [1.82, 2.24) is 9.88 Å². The van der Waals surface area contributed by atoms with Crippen molar-refractivity contribution in [2.45, 2.75) is 19.4 Å². The first-order valence-electron chi connectivity index (χ1n) is 6.22. The molecule has 1 unspecified atom stereocenters. The average molecular weight is 299 g/mol. The van der Waals surface area contributed by atoms with Crippen LogP contribution in [0.2, 0.25) is 5.15 Å². The van der Waals surface area contributed by atoms with Gasteiger partial charge in [-0.3, -0.25) is 9.59 Å². The van der Waals surface area contributed by atoms with Gasteiger partial charge in [-0.1, -0.05) is 11.6 Å². The topological polar surface area (TPSA) is 79.7 Å². The summed E-state index contributed by atoms with van der Waals surface area (Å²) in [4.78, 5) is 28.9. The van der Waals surface area contributed by atoms with Gasteiger partial charge in [0.25, 0.3) is 5.91 Å². The Labute approximate surface area is 121 Å². The molecule has 0 radical (unpaired) electrons. The first kappa shape index (κ1) is 14.7. The lowest BCUT2D eigenvalue weighted by Crippen LogP contribution is -2.49. The van der Waals surface area contributed by atoms with Crippen LogP contribution in [0.5, 0.6) is 0 Å². The summed E-state index contributed by atoms with van der Waals surface area (Å²) < 4.78 is 5.25. The molecule has 20 heavy (non-hydrogen) atoms. The monoisotopic (exact) mass is 298 g/mol. The van der Waals surface area contributed by atoms with Crippen molar-refractivity contribution in [2.75, 3.05) is 19.8 Å². The summed E-state index contributed by atoms with van der Waals surface area (Å²) in [5, 5.41) is 9.15. The van der Waals surface area contributed by atoms with Gasteiger partial charge in [0.2, 0.25) is 0 Å². The van der Waals surface area contributed by atoms with E-state index in [1.165, 1.54) is 11.0 Å². The van der Waals surface area contributed by atoms with E-state index in [1.54, 1.807) is 13.0 Å². The number of rotatable bonds is 3. The molecule has 2 heterocycles. The minimum Gasteiger partial charge on any atom is -0.481 e. The Hall–Kier alpha value is -1.66. The minimum atomic E-state index is -0.956. The number of aliphatic carboxylic acids is 1. The first-order valence-corrected chi connectivity index (χ1v) is 6.60. The highest BCUT2D eigenvalue weighted by Crippen LogP contribution is 2.17. The van der Waals surface area contributed by atoms with E-state index in [4.69, 9.17) is 21.4 Å². The van der Waals surface area contributed by atoms with E-state index in [1.807, 2.05) is 0 Å². The standard InChI is InChI=1S/C13H15ClN2O4/c1-8-4-9(5-11(14)15-8)13(19)16-2-3-20-7-10(16)6-12(17)18/h4-5,10H,2-3,6-7H2,1H3,(H,17,18). The van der Waals surface area contributed by atoms with Crippen LogP contribution in [0.3, 0.4) is 0 Å². The van der Waals surface area contributed by atoms with E-state index in [-0.39, 0.29) is 24.1 Å². The van der Waals surface area contributed by atoms with Crippen molar-refractivity contribution < 1.29 is 19.4 Å². The number of carbonyl (C=O) groups is 2. The van der Waals surface area contributed by atoms with Crippen LogP contribution in [-0.2, 0) is 9.53 Å². The zero-order valence-corrected chi connectivity index (χ0v) is 11.8. The molecule has 1 N–H and O–H groups in total. The Balaban J connectivity index is 2.22.